The summed E-state index contributed by atoms with van der Waals surface area (Å²) in [5.74, 6) is -0.263. The number of nitrogens with one attached hydrogen (secondary N) is 5. The van der Waals surface area contributed by atoms with Gasteiger partial charge in [0, 0.05) is 106 Å². The summed E-state index contributed by atoms with van der Waals surface area (Å²) in [5.41, 5.74) is 10.8. The van der Waals surface area contributed by atoms with E-state index in [1.165, 1.54) is 5.56 Å². The van der Waals surface area contributed by atoms with Crippen LogP contribution in [0, 0.1) is 0 Å². The Hall–Kier alpha value is -7.12. The van der Waals surface area contributed by atoms with Gasteiger partial charge in [-0.05, 0) is 181 Å². The van der Waals surface area contributed by atoms with Gasteiger partial charge in [-0.25, -0.2) is 22.8 Å². The van der Waals surface area contributed by atoms with Crippen LogP contribution in [0.5, 0.6) is 0 Å². The summed E-state index contributed by atoms with van der Waals surface area (Å²) in [6, 6.07) is 20.6. The predicted molar refractivity (Wildman–Crippen MR) is 324 cm³/mol. The lowest BCUT2D eigenvalue weighted by atomic mass is 10.0. The van der Waals surface area contributed by atoms with Crippen LogP contribution >= 0.6 is 15.9 Å². The molecule has 15 nitrogen and oxygen atoms in total. The fraction of sp³-hybridized carbons (Fsp3) is 0.435. The van der Waals surface area contributed by atoms with Gasteiger partial charge in [-0.15, -0.1) is 0 Å². The third-order valence-corrected chi connectivity index (χ3v) is 11.7. The van der Waals surface area contributed by atoms with Gasteiger partial charge in [-0.3, -0.25) is 14.4 Å². The van der Waals surface area contributed by atoms with E-state index in [9.17, 15) is 37.1 Å². The third-order valence-electron chi connectivity index (χ3n) is 11.0. The van der Waals surface area contributed by atoms with Crippen LogP contribution in [-0.2, 0) is 29.0 Å². The van der Waals surface area contributed by atoms with Crippen molar-refractivity contribution in [3.8, 4) is 0 Å². The fourth-order valence-electron chi connectivity index (χ4n) is 7.66. The minimum atomic E-state index is -0.621. The van der Waals surface area contributed by atoms with Crippen LogP contribution in [0.2, 0.25) is 0 Å². The average molecular weight is 1190 g/mol. The Bertz CT molecular complexity index is 3090. The SMILES string of the molecule is CC(C)(C)NC(=O)c1cccc2c1C=CC2.CC(C)(C)NC(=O)c1cccc2c1ccn2CC(=CF)CN.CC(C)(C)NC(=O)c1cccc2c1ccn2CC(=CF)CNC(=O)OC(C)(C)C.CC(C)(C)OC(=O)NCC(=CF)CBr. The van der Waals surface area contributed by atoms with Crippen LogP contribution in [0.1, 0.15) is 146 Å². The molecule has 2 aromatic heterocycles. The smallest absolute Gasteiger partial charge is 0.407 e. The Morgan fingerprint density at radius 3 is 1.32 bits per heavy atom. The molecule has 0 radical (unpaired) electrons. The first-order valence-electron chi connectivity index (χ1n) is 26.6. The molecule has 0 unspecified atom stereocenters. The summed E-state index contributed by atoms with van der Waals surface area (Å²) in [6.45, 7) is 29.1. The van der Waals surface area contributed by atoms with Gasteiger partial charge < -0.3 is 50.9 Å². The van der Waals surface area contributed by atoms with Crippen molar-refractivity contribution >= 4 is 73.7 Å². The number of fused-ring (bicyclic) bond motifs is 3. The molecule has 1 aliphatic carbocycles. The van der Waals surface area contributed by atoms with Gasteiger partial charge in [0.15, 0.2) is 0 Å². The highest BCUT2D eigenvalue weighted by molar-refractivity contribution is 9.09. The van der Waals surface area contributed by atoms with E-state index in [-0.39, 0.29) is 60.5 Å². The maximum atomic E-state index is 13.4. The highest BCUT2D eigenvalue weighted by atomic mass is 79.9. The topological polar surface area (TPSA) is 200 Å². The molecule has 19 heteroatoms. The molecular formula is C62H84BrF3N8O7. The second-order valence-electron chi connectivity index (χ2n) is 24.3. The Kier molecular flexibility index (Phi) is 25.3. The Labute approximate surface area is 484 Å². The molecule has 0 saturated heterocycles. The zero-order valence-corrected chi connectivity index (χ0v) is 51.3. The molecule has 6 rings (SSSR count). The van der Waals surface area contributed by atoms with E-state index in [0.29, 0.717) is 58.7 Å². The van der Waals surface area contributed by atoms with Crippen LogP contribution in [0.3, 0.4) is 0 Å². The summed E-state index contributed by atoms with van der Waals surface area (Å²) in [6.07, 6.45) is 9.06. The number of carbonyl (C=O) groups excluding carboxylic acids is 5. The van der Waals surface area contributed by atoms with E-state index < -0.39 is 23.4 Å². The summed E-state index contributed by atoms with van der Waals surface area (Å²) in [7, 11) is 0. The fourth-order valence-corrected chi connectivity index (χ4v) is 7.98. The highest BCUT2D eigenvalue weighted by Crippen LogP contribution is 2.26. The molecule has 5 aromatic rings. The molecule has 0 saturated carbocycles. The van der Waals surface area contributed by atoms with E-state index in [2.05, 4.69) is 54.7 Å². The average Bonchev–Trinajstić information content (AvgIpc) is 4.12. The number of hydrogen-bond donors (Lipinski definition) is 6. The van der Waals surface area contributed by atoms with E-state index in [1.54, 1.807) is 65.9 Å². The number of nitrogens with two attached hydrogens (primary N) is 1. The number of nitrogens with zero attached hydrogens (tertiary/aromatic N) is 2. The minimum absolute atomic E-state index is 0.0101. The van der Waals surface area contributed by atoms with Gasteiger partial charge in [0.1, 0.15) is 11.2 Å². The molecule has 0 bridgehead atoms. The minimum Gasteiger partial charge on any atom is -0.444 e. The van der Waals surface area contributed by atoms with Crippen LogP contribution in [0.25, 0.3) is 27.9 Å². The number of alkyl carbamates (subject to hydrolysis) is 2. The van der Waals surface area contributed by atoms with E-state index in [1.807, 2.05) is 126 Å². The number of amides is 5. The maximum absolute atomic E-state index is 13.4. The number of carbonyl (C=O) groups is 5. The molecule has 442 valence electrons. The van der Waals surface area contributed by atoms with Crippen molar-refractivity contribution in [1.82, 2.24) is 35.7 Å². The number of hydrogen-bond acceptors (Lipinski definition) is 8. The summed E-state index contributed by atoms with van der Waals surface area (Å²) in [5, 5.41) is 15.9. The van der Waals surface area contributed by atoms with Gasteiger partial charge in [0.2, 0.25) is 0 Å². The molecule has 1 aliphatic rings. The normalized spacial score (nSPS) is 12.9. The van der Waals surface area contributed by atoms with E-state index in [0.717, 1.165) is 39.4 Å². The first-order valence-corrected chi connectivity index (χ1v) is 27.7. The lowest BCUT2D eigenvalue weighted by molar-refractivity contribution is 0.0521. The molecule has 0 atom stereocenters. The summed E-state index contributed by atoms with van der Waals surface area (Å²) in [4.78, 5) is 60.0. The number of halogens is 4. The van der Waals surface area contributed by atoms with Gasteiger partial charge in [0.25, 0.3) is 17.7 Å². The quantitative estimate of drug-likeness (QED) is 0.0626. The predicted octanol–water partition coefficient (Wildman–Crippen LogP) is 13.1. The standard InChI is InChI=1S/C22H30FN3O3.C17H22FN3O.C14H17NO.C9H15BrFNO2/c1-21(2,3)25-19(27)17-8-7-9-18-16(17)10-11-26(18)14-15(12-23)13-24-20(28)29-22(4,5)6;1-17(2,3)20-16(22)14-5-4-6-15-13(14)7-8-21(15)11-12(9-18)10-19;1-14(2,3)15-13(16)12-9-5-7-10-6-4-8-11(10)12;1-9(2,3)14-8(13)12-6-7(4-10)5-11/h7-12H,13-14H2,1-6H3,(H,24,28)(H,25,27);4-9H,10-11,19H2,1-3H3,(H,20,22);4-5,7-9H,6H2,1-3H3,(H,15,16);5H,4,6H2,1-3H3,(H,12,13). The molecule has 0 aliphatic heterocycles. The van der Waals surface area contributed by atoms with Gasteiger partial charge >= 0.3 is 12.2 Å². The number of rotatable bonds is 13. The van der Waals surface area contributed by atoms with Crippen molar-refractivity contribution < 1.29 is 46.6 Å². The Balaban J connectivity index is 0.000000295. The van der Waals surface area contributed by atoms with Gasteiger partial charge in [-0.1, -0.05) is 52.3 Å². The second-order valence-corrected chi connectivity index (χ2v) is 24.9. The van der Waals surface area contributed by atoms with Gasteiger partial charge in [-0.2, -0.15) is 0 Å². The molecule has 3 aromatic carbocycles. The first kappa shape index (κ1) is 68.2. The van der Waals surface area contributed by atoms with Crippen molar-refractivity contribution in [3.63, 3.8) is 0 Å². The van der Waals surface area contributed by atoms with Crippen LogP contribution in [0.4, 0.5) is 22.8 Å². The number of allylic oxidation sites excluding steroid dienone is 1. The van der Waals surface area contributed by atoms with Crippen molar-refractivity contribution in [1.29, 1.82) is 0 Å². The first-order chi connectivity index (χ1) is 37.6. The van der Waals surface area contributed by atoms with E-state index >= 15 is 0 Å². The monoisotopic (exact) mass is 1190 g/mol. The third kappa shape index (κ3) is 23.9. The molecular weight excluding hydrogens is 1110 g/mol. The van der Waals surface area contributed by atoms with Crippen molar-refractivity contribution in [2.24, 2.45) is 5.73 Å². The lowest BCUT2D eigenvalue weighted by Gasteiger charge is -2.21. The molecule has 81 heavy (non-hydrogen) atoms. The number of benzene rings is 3. The number of aromatic nitrogens is 2. The molecule has 0 fully saturated rings. The Morgan fingerprint density at radius 2 is 0.938 bits per heavy atom. The second kappa shape index (κ2) is 30.1. The van der Waals surface area contributed by atoms with Crippen LogP contribution < -0.4 is 32.3 Å². The van der Waals surface area contributed by atoms with Crippen LogP contribution in [0.15, 0.2) is 121 Å². The molecule has 0 spiro atoms. The molecule has 7 N–H and O–H groups in total. The highest BCUT2D eigenvalue weighted by Gasteiger charge is 2.23. The van der Waals surface area contributed by atoms with Crippen LogP contribution in [-0.4, -0.2) is 91.8 Å². The van der Waals surface area contributed by atoms with Crippen molar-refractivity contribution in [2.45, 2.75) is 151 Å². The molecule has 2 heterocycles. The summed E-state index contributed by atoms with van der Waals surface area (Å²) < 4.78 is 52.0. The zero-order chi connectivity index (χ0) is 61.1. The maximum Gasteiger partial charge on any atom is 0.407 e. The number of ether oxygens (including phenoxy) is 2. The number of alkyl halides is 1. The van der Waals surface area contributed by atoms with Crippen molar-refractivity contribution in [2.75, 3.05) is 25.0 Å². The Morgan fingerprint density at radius 1 is 0.556 bits per heavy atom. The lowest BCUT2D eigenvalue weighted by Crippen LogP contribution is -2.40. The largest absolute Gasteiger partial charge is 0.444 e. The summed E-state index contributed by atoms with van der Waals surface area (Å²) >= 11 is 3.09. The molecule has 5 amide bonds. The van der Waals surface area contributed by atoms with Crippen molar-refractivity contribution in [3.05, 3.63) is 149 Å². The van der Waals surface area contributed by atoms with Gasteiger partial charge in [0.05, 0.1) is 19.0 Å². The zero-order valence-electron chi connectivity index (χ0n) is 49.7. The van der Waals surface area contributed by atoms with E-state index in [4.69, 9.17) is 15.2 Å².